The van der Waals surface area contributed by atoms with Gasteiger partial charge in [0.25, 0.3) is 0 Å². The van der Waals surface area contributed by atoms with Gasteiger partial charge < -0.3 is 9.47 Å². The first-order valence-corrected chi connectivity index (χ1v) is 6.84. The first-order chi connectivity index (χ1) is 9.24. The van der Waals surface area contributed by atoms with E-state index in [4.69, 9.17) is 21.1 Å². The third kappa shape index (κ3) is 5.05. The van der Waals surface area contributed by atoms with Crippen molar-refractivity contribution in [3.8, 4) is 0 Å². The first-order valence-electron chi connectivity index (χ1n) is 6.46. The monoisotopic (exact) mass is 280 g/mol. The van der Waals surface area contributed by atoms with E-state index in [1.54, 1.807) is 18.2 Å². The van der Waals surface area contributed by atoms with Gasteiger partial charge in [-0.25, -0.2) is 4.79 Å². The Morgan fingerprint density at radius 1 is 1.37 bits per heavy atom. The third-order valence-electron chi connectivity index (χ3n) is 2.97. The minimum absolute atomic E-state index is 0.0571. The molecular weight excluding hydrogens is 264 g/mol. The van der Waals surface area contributed by atoms with Gasteiger partial charge in [0.1, 0.15) is 6.61 Å². The molecule has 1 fully saturated rings. The largest absolute Gasteiger partial charge is 0.460 e. The van der Waals surface area contributed by atoms with Crippen LogP contribution < -0.4 is 0 Å². The van der Waals surface area contributed by atoms with Gasteiger partial charge in [-0.3, -0.25) is 0 Å². The van der Waals surface area contributed by atoms with Crippen LogP contribution in [0.5, 0.6) is 0 Å². The van der Waals surface area contributed by atoms with Crippen molar-refractivity contribution in [3.63, 3.8) is 0 Å². The Hall–Kier alpha value is -1.32. The summed E-state index contributed by atoms with van der Waals surface area (Å²) in [7, 11) is 0. The second-order valence-electron chi connectivity index (χ2n) is 4.50. The van der Waals surface area contributed by atoms with Crippen molar-refractivity contribution in [2.45, 2.75) is 25.4 Å². The summed E-state index contributed by atoms with van der Waals surface area (Å²) in [4.78, 5) is 11.5. The molecular formula is C15H17ClO3. The van der Waals surface area contributed by atoms with E-state index in [9.17, 15) is 4.79 Å². The van der Waals surface area contributed by atoms with Crippen LogP contribution in [0.1, 0.15) is 24.8 Å². The lowest BCUT2D eigenvalue weighted by Gasteiger charge is -2.21. The molecule has 0 bridgehead atoms. The molecule has 0 aromatic heterocycles. The highest BCUT2D eigenvalue weighted by Crippen LogP contribution is 2.13. The van der Waals surface area contributed by atoms with Gasteiger partial charge in [-0.2, -0.15) is 0 Å². The number of rotatable bonds is 4. The van der Waals surface area contributed by atoms with Crippen molar-refractivity contribution in [2.75, 3.05) is 13.2 Å². The Balaban J connectivity index is 1.75. The molecule has 1 atom stereocenters. The fourth-order valence-electron chi connectivity index (χ4n) is 1.90. The molecule has 1 aromatic rings. The van der Waals surface area contributed by atoms with Crippen LogP contribution in [0.3, 0.4) is 0 Å². The van der Waals surface area contributed by atoms with Gasteiger partial charge in [-0.1, -0.05) is 23.7 Å². The fourth-order valence-corrected chi connectivity index (χ4v) is 2.03. The first kappa shape index (κ1) is 14.1. The summed E-state index contributed by atoms with van der Waals surface area (Å²) < 4.78 is 10.6. The Kier molecular flexibility index (Phi) is 5.43. The number of esters is 1. The van der Waals surface area contributed by atoms with Crippen LogP contribution in [0.25, 0.3) is 6.08 Å². The molecule has 0 aliphatic carbocycles. The van der Waals surface area contributed by atoms with Crippen LogP contribution in [-0.4, -0.2) is 25.3 Å². The van der Waals surface area contributed by atoms with Crippen molar-refractivity contribution >= 4 is 23.6 Å². The minimum atomic E-state index is -0.343. The number of halogens is 1. The number of carbonyl (C=O) groups excluding carboxylic acids is 1. The maximum atomic E-state index is 11.5. The molecule has 1 saturated heterocycles. The molecule has 102 valence electrons. The lowest BCUT2D eigenvalue weighted by molar-refractivity contribution is -0.143. The molecule has 1 aromatic carbocycles. The van der Waals surface area contributed by atoms with Gasteiger partial charge in [0.15, 0.2) is 0 Å². The fraction of sp³-hybridized carbons (Fsp3) is 0.400. The Bertz CT molecular complexity index is 433. The van der Waals surface area contributed by atoms with E-state index in [1.165, 1.54) is 6.08 Å². The predicted molar refractivity (Wildman–Crippen MR) is 75.0 cm³/mol. The molecule has 4 heteroatoms. The summed E-state index contributed by atoms with van der Waals surface area (Å²) in [6.07, 6.45) is 6.39. The number of carbonyl (C=O) groups is 1. The highest BCUT2D eigenvalue weighted by Gasteiger charge is 2.14. The zero-order valence-electron chi connectivity index (χ0n) is 10.7. The Morgan fingerprint density at radius 3 is 2.84 bits per heavy atom. The van der Waals surface area contributed by atoms with Crippen molar-refractivity contribution < 1.29 is 14.3 Å². The molecule has 1 aliphatic rings. The maximum absolute atomic E-state index is 11.5. The van der Waals surface area contributed by atoms with Crippen LogP contribution in [-0.2, 0) is 14.3 Å². The normalized spacial score (nSPS) is 19.5. The smallest absolute Gasteiger partial charge is 0.330 e. The predicted octanol–water partition coefficient (Wildman–Crippen LogP) is 3.47. The van der Waals surface area contributed by atoms with Crippen LogP contribution in [0.2, 0.25) is 5.02 Å². The topological polar surface area (TPSA) is 35.5 Å². The maximum Gasteiger partial charge on any atom is 0.330 e. The van der Waals surface area contributed by atoms with Gasteiger partial charge in [-0.15, -0.1) is 0 Å². The second-order valence-corrected chi connectivity index (χ2v) is 4.94. The zero-order chi connectivity index (χ0) is 13.5. The Morgan fingerprint density at radius 2 is 2.16 bits per heavy atom. The molecule has 0 spiro atoms. The summed E-state index contributed by atoms with van der Waals surface area (Å²) in [5, 5.41) is 0.675. The van der Waals surface area contributed by atoms with Gasteiger partial charge in [0.2, 0.25) is 0 Å². The molecule has 0 N–H and O–H groups in total. The van der Waals surface area contributed by atoms with Crippen molar-refractivity contribution in [3.05, 3.63) is 40.9 Å². The lowest BCUT2D eigenvalue weighted by atomic mass is 10.1. The quantitative estimate of drug-likeness (QED) is 0.626. The summed E-state index contributed by atoms with van der Waals surface area (Å²) in [5.74, 6) is -0.343. The summed E-state index contributed by atoms with van der Waals surface area (Å²) >= 11 is 5.78. The van der Waals surface area contributed by atoms with Gasteiger partial charge in [-0.05, 0) is 43.0 Å². The third-order valence-corrected chi connectivity index (χ3v) is 3.22. The average molecular weight is 281 g/mol. The summed E-state index contributed by atoms with van der Waals surface area (Å²) in [6.45, 7) is 1.10. The molecule has 0 saturated carbocycles. The zero-order valence-corrected chi connectivity index (χ0v) is 11.4. The van der Waals surface area contributed by atoms with Crippen molar-refractivity contribution in [1.82, 2.24) is 0 Å². The van der Waals surface area contributed by atoms with Crippen molar-refractivity contribution in [2.24, 2.45) is 0 Å². The number of hydrogen-bond donors (Lipinski definition) is 0. The van der Waals surface area contributed by atoms with E-state index >= 15 is 0 Å². The molecule has 19 heavy (non-hydrogen) atoms. The van der Waals surface area contributed by atoms with Gasteiger partial charge >= 0.3 is 5.97 Å². The molecule has 0 radical (unpaired) electrons. The van der Waals surface area contributed by atoms with Gasteiger partial charge in [0.05, 0.1) is 6.10 Å². The highest BCUT2D eigenvalue weighted by molar-refractivity contribution is 6.30. The van der Waals surface area contributed by atoms with Crippen molar-refractivity contribution in [1.29, 1.82) is 0 Å². The van der Waals surface area contributed by atoms with E-state index < -0.39 is 0 Å². The van der Waals surface area contributed by atoms with Crippen LogP contribution in [0, 0.1) is 0 Å². The number of ether oxygens (including phenoxy) is 2. The molecule has 3 nitrogen and oxygen atoms in total. The Labute approximate surface area is 118 Å². The molecule has 0 amide bonds. The average Bonchev–Trinajstić information content (AvgIpc) is 2.45. The molecule has 1 unspecified atom stereocenters. The number of benzene rings is 1. The van der Waals surface area contributed by atoms with Crippen LogP contribution in [0.15, 0.2) is 30.3 Å². The highest BCUT2D eigenvalue weighted by atomic mass is 35.5. The lowest BCUT2D eigenvalue weighted by Crippen LogP contribution is -2.25. The van der Waals surface area contributed by atoms with Crippen LogP contribution in [0.4, 0.5) is 0 Å². The van der Waals surface area contributed by atoms with E-state index in [0.717, 1.165) is 31.4 Å². The summed E-state index contributed by atoms with van der Waals surface area (Å²) in [5.41, 5.74) is 0.912. The summed E-state index contributed by atoms with van der Waals surface area (Å²) in [6, 6.07) is 7.25. The standard InChI is InChI=1S/C15H17ClO3/c16-13-7-4-12(5-8-13)6-9-15(17)19-11-14-3-1-2-10-18-14/h4-9,14H,1-3,10-11H2. The number of hydrogen-bond acceptors (Lipinski definition) is 3. The van der Waals surface area contributed by atoms with Gasteiger partial charge in [0, 0.05) is 17.7 Å². The van der Waals surface area contributed by atoms with Crippen LogP contribution >= 0.6 is 11.6 Å². The van der Waals surface area contributed by atoms with E-state index in [-0.39, 0.29) is 12.1 Å². The molecule has 1 aliphatic heterocycles. The van der Waals surface area contributed by atoms with E-state index in [0.29, 0.717) is 11.6 Å². The second kappa shape index (κ2) is 7.31. The minimum Gasteiger partial charge on any atom is -0.460 e. The van der Waals surface area contributed by atoms with E-state index in [2.05, 4.69) is 0 Å². The van der Waals surface area contributed by atoms with E-state index in [1.807, 2.05) is 12.1 Å². The molecule has 1 heterocycles. The SMILES string of the molecule is O=C(C=Cc1ccc(Cl)cc1)OCC1CCCCO1. The molecule has 2 rings (SSSR count).